The third-order valence-electron chi connectivity index (χ3n) is 3.96. The number of nitrogens with zero attached hydrogens (tertiary/aromatic N) is 2. The molecule has 2 rings (SSSR count). The Kier molecular flexibility index (Phi) is 4.53. The van der Waals surface area contributed by atoms with E-state index in [9.17, 15) is 4.79 Å². The van der Waals surface area contributed by atoms with E-state index in [4.69, 9.17) is 0 Å². The van der Waals surface area contributed by atoms with E-state index in [1.807, 2.05) is 24.0 Å². The summed E-state index contributed by atoms with van der Waals surface area (Å²) in [5, 5.41) is 3.51. The molecule has 1 aliphatic heterocycles. The Morgan fingerprint density at radius 3 is 2.89 bits per heavy atom. The molecule has 0 saturated carbocycles. The van der Waals surface area contributed by atoms with Crippen LogP contribution >= 0.6 is 0 Å². The molecule has 2 atom stereocenters. The van der Waals surface area contributed by atoms with Gasteiger partial charge in [0.15, 0.2) is 0 Å². The summed E-state index contributed by atoms with van der Waals surface area (Å²) in [5.41, 5.74) is 1.55. The second-order valence-electron chi connectivity index (χ2n) is 5.17. The van der Waals surface area contributed by atoms with Crippen LogP contribution in [-0.2, 0) is 0 Å². The van der Waals surface area contributed by atoms with Gasteiger partial charge < -0.3 is 10.2 Å². The first-order valence-electron chi connectivity index (χ1n) is 7.13. The fraction of sp³-hybridized carbons (Fsp3) is 0.600. The molecule has 1 aliphatic rings. The molecule has 0 spiro atoms. The highest BCUT2D eigenvalue weighted by Gasteiger charge is 2.30. The number of amides is 1. The average molecular weight is 261 g/mol. The average Bonchev–Trinajstić information content (AvgIpc) is 2.46. The van der Waals surface area contributed by atoms with E-state index in [1.165, 1.54) is 0 Å². The SMILES string of the molecule is CCC1CN(C(=O)c2cccnc2C)C(CC)CN1. The van der Waals surface area contributed by atoms with Crippen molar-refractivity contribution in [3.63, 3.8) is 0 Å². The minimum absolute atomic E-state index is 0.123. The molecule has 1 N–H and O–H groups in total. The van der Waals surface area contributed by atoms with E-state index in [1.54, 1.807) is 6.20 Å². The monoisotopic (exact) mass is 261 g/mol. The first-order valence-corrected chi connectivity index (χ1v) is 7.13. The molecule has 2 unspecified atom stereocenters. The molecule has 1 fully saturated rings. The molecule has 2 heterocycles. The molecule has 1 saturated heterocycles. The highest BCUT2D eigenvalue weighted by Crippen LogP contribution is 2.17. The topological polar surface area (TPSA) is 45.2 Å². The van der Waals surface area contributed by atoms with Crippen molar-refractivity contribution in [2.75, 3.05) is 13.1 Å². The minimum atomic E-state index is 0.123. The molecule has 104 valence electrons. The zero-order valence-corrected chi connectivity index (χ0v) is 12.0. The summed E-state index contributed by atoms with van der Waals surface area (Å²) in [6.45, 7) is 7.87. The highest BCUT2D eigenvalue weighted by molar-refractivity contribution is 5.95. The Labute approximate surface area is 115 Å². The Hall–Kier alpha value is -1.42. The third-order valence-corrected chi connectivity index (χ3v) is 3.96. The summed E-state index contributed by atoms with van der Waals surface area (Å²) >= 11 is 0. The molecule has 4 heteroatoms. The molecule has 0 bridgehead atoms. The molecular weight excluding hydrogens is 238 g/mol. The number of nitrogens with one attached hydrogen (secondary N) is 1. The van der Waals surface area contributed by atoms with Crippen LogP contribution < -0.4 is 5.32 Å². The molecule has 4 nitrogen and oxygen atoms in total. The van der Waals surface area contributed by atoms with Gasteiger partial charge in [-0.1, -0.05) is 13.8 Å². The van der Waals surface area contributed by atoms with Gasteiger partial charge in [0.05, 0.1) is 5.56 Å². The fourth-order valence-electron chi connectivity index (χ4n) is 2.62. The number of hydrogen-bond donors (Lipinski definition) is 1. The number of aryl methyl sites for hydroxylation is 1. The van der Waals surface area contributed by atoms with Crippen molar-refractivity contribution < 1.29 is 4.79 Å². The van der Waals surface area contributed by atoms with Crippen LogP contribution in [0.25, 0.3) is 0 Å². The van der Waals surface area contributed by atoms with Crippen LogP contribution in [0.2, 0.25) is 0 Å². The van der Waals surface area contributed by atoms with E-state index in [0.29, 0.717) is 6.04 Å². The van der Waals surface area contributed by atoms with Gasteiger partial charge in [0.2, 0.25) is 0 Å². The molecule has 1 aromatic rings. The zero-order valence-electron chi connectivity index (χ0n) is 12.0. The standard InChI is InChI=1S/C15H23N3O/c1-4-12-10-18(13(5-2)9-17-12)15(19)14-7-6-8-16-11(14)3/h6-8,12-13,17H,4-5,9-10H2,1-3H3. The van der Waals surface area contributed by atoms with Gasteiger partial charge >= 0.3 is 0 Å². The molecule has 19 heavy (non-hydrogen) atoms. The van der Waals surface area contributed by atoms with Crippen LogP contribution in [0.5, 0.6) is 0 Å². The Bertz CT molecular complexity index is 447. The lowest BCUT2D eigenvalue weighted by Gasteiger charge is -2.40. The van der Waals surface area contributed by atoms with Gasteiger partial charge in [0.1, 0.15) is 0 Å². The van der Waals surface area contributed by atoms with E-state index in [-0.39, 0.29) is 11.9 Å². The van der Waals surface area contributed by atoms with Gasteiger partial charge in [-0.05, 0) is 31.9 Å². The molecule has 0 aliphatic carbocycles. The van der Waals surface area contributed by atoms with Crippen LogP contribution in [-0.4, -0.2) is 41.0 Å². The largest absolute Gasteiger partial charge is 0.333 e. The highest BCUT2D eigenvalue weighted by atomic mass is 16.2. The minimum Gasteiger partial charge on any atom is -0.333 e. The number of carbonyl (C=O) groups excluding carboxylic acids is 1. The summed E-state index contributed by atoms with van der Waals surface area (Å²) in [7, 11) is 0. The van der Waals surface area contributed by atoms with Crippen LogP contribution in [0.3, 0.4) is 0 Å². The maximum Gasteiger partial charge on any atom is 0.256 e. The van der Waals surface area contributed by atoms with Crippen molar-refractivity contribution >= 4 is 5.91 Å². The van der Waals surface area contributed by atoms with Crippen molar-refractivity contribution in [2.45, 2.75) is 45.7 Å². The quantitative estimate of drug-likeness (QED) is 0.905. The van der Waals surface area contributed by atoms with Crippen molar-refractivity contribution in [3.8, 4) is 0 Å². The summed E-state index contributed by atoms with van der Waals surface area (Å²) in [6, 6.07) is 4.40. The molecule has 0 aromatic carbocycles. The third kappa shape index (κ3) is 2.95. The number of rotatable bonds is 3. The zero-order chi connectivity index (χ0) is 13.8. The van der Waals surface area contributed by atoms with Crippen LogP contribution in [0.4, 0.5) is 0 Å². The maximum atomic E-state index is 12.7. The van der Waals surface area contributed by atoms with Crippen LogP contribution in [0.1, 0.15) is 42.7 Å². The Balaban J connectivity index is 2.22. The number of piperazine rings is 1. The number of carbonyl (C=O) groups is 1. The molecular formula is C15H23N3O. The smallest absolute Gasteiger partial charge is 0.256 e. The van der Waals surface area contributed by atoms with Gasteiger partial charge in [0, 0.05) is 37.1 Å². The predicted molar refractivity (Wildman–Crippen MR) is 76.2 cm³/mol. The molecule has 0 radical (unpaired) electrons. The second-order valence-corrected chi connectivity index (χ2v) is 5.17. The van der Waals surface area contributed by atoms with Crippen molar-refractivity contribution in [3.05, 3.63) is 29.6 Å². The fourth-order valence-corrected chi connectivity index (χ4v) is 2.62. The molecule has 1 amide bonds. The lowest BCUT2D eigenvalue weighted by molar-refractivity contribution is 0.0574. The lowest BCUT2D eigenvalue weighted by atomic mass is 10.0. The van der Waals surface area contributed by atoms with E-state index >= 15 is 0 Å². The van der Waals surface area contributed by atoms with E-state index in [0.717, 1.165) is 37.2 Å². The Morgan fingerprint density at radius 1 is 1.47 bits per heavy atom. The first kappa shape index (κ1) is 14.0. The number of aromatic nitrogens is 1. The van der Waals surface area contributed by atoms with Crippen molar-refractivity contribution in [2.24, 2.45) is 0 Å². The van der Waals surface area contributed by atoms with Gasteiger partial charge in [-0.2, -0.15) is 0 Å². The van der Waals surface area contributed by atoms with Crippen molar-refractivity contribution in [1.29, 1.82) is 0 Å². The van der Waals surface area contributed by atoms with E-state index < -0.39 is 0 Å². The first-order chi connectivity index (χ1) is 9.17. The van der Waals surface area contributed by atoms with Gasteiger partial charge in [-0.25, -0.2) is 0 Å². The summed E-state index contributed by atoms with van der Waals surface area (Å²) in [4.78, 5) is 19.0. The summed E-state index contributed by atoms with van der Waals surface area (Å²) in [5.74, 6) is 0.123. The van der Waals surface area contributed by atoms with Gasteiger partial charge in [-0.15, -0.1) is 0 Å². The van der Waals surface area contributed by atoms with Crippen LogP contribution in [0, 0.1) is 6.92 Å². The summed E-state index contributed by atoms with van der Waals surface area (Å²) < 4.78 is 0. The van der Waals surface area contributed by atoms with E-state index in [2.05, 4.69) is 24.1 Å². The van der Waals surface area contributed by atoms with Crippen molar-refractivity contribution in [1.82, 2.24) is 15.2 Å². The lowest BCUT2D eigenvalue weighted by Crippen LogP contribution is -2.58. The molecule has 1 aromatic heterocycles. The normalized spacial score (nSPS) is 23.4. The van der Waals surface area contributed by atoms with Gasteiger partial charge in [0.25, 0.3) is 5.91 Å². The maximum absolute atomic E-state index is 12.7. The number of pyridine rings is 1. The number of hydrogen-bond acceptors (Lipinski definition) is 3. The summed E-state index contributed by atoms with van der Waals surface area (Å²) in [6.07, 6.45) is 3.76. The van der Waals surface area contributed by atoms with Gasteiger partial charge in [-0.3, -0.25) is 9.78 Å². The van der Waals surface area contributed by atoms with Crippen LogP contribution in [0.15, 0.2) is 18.3 Å². The Morgan fingerprint density at radius 2 is 2.26 bits per heavy atom. The second kappa shape index (κ2) is 6.15. The predicted octanol–water partition coefficient (Wildman–Crippen LogP) is 1.99.